The number of anilines is 3. The molecule has 0 aliphatic carbocycles. The number of aromatic nitrogens is 4. The zero-order valence-corrected chi connectivity index (χ0v) is 68.0. The van der Waals surface area contributed by atoms with Gasteiger partial charge < -0.3 is 155 Å². The highest BCUT2D eigenvalue weighted by Gasteiger charge is 2.38. The number of benzene rings is 1. The van der Waals surface area contributed by atoms with Crippen molar-refractivity contribution < 1.29 is 173 Å². The molecule has 49 nitrogen and oxygen atoms in total. The van der Waals surface area contributed by atoms with Crippen LogP contribution in [0.1, 0.15) is 119 Å². The number of hydrogen-bond donors (Lipinski definition) is 28. The van der Waals surface area contributed by atoms with Crippen LogP contribution in [0.4, 0.5) is 17.5 Å². The summed E-state index contributed by atoms with van der Waals surface area (Å²) in [7, 11) is 1.86. The van der Waals surface area contributed by atoms with Crippen molar-refractivity contribution in [2.75, 3.05) is 80.9 Å². The third-order valence-electron chi connectivity index (χ3n) is 18.2. The highest BCUT2D eigenvalue weighted by atomic mass is 33.1. The number of carbonyl (C=O) groups excluding carboxylic acids is 13. The van der Waals surface area contributed by atoms with Gasteiger partial charge in [0.05, 0.1) is 68.7 Å². The number of fused-ring (bicyclic) bond motifs is 1. The average molecular weight is 1790 g/mol. The lowest BCUT2D eigenvalue weighted by Crippen LogP contribution is -2.50. The molecular weight excluding hydrogens is 1680 g/mol. The van der Waals surface area contributed by atoms with Crippen molar-refractivity contribution >= 4 is 139 Å². The summed E-state index contributed by atoms with van der Waals surface area (Å²) >= 11 is 0. The lowest BCUT2D eigenvalue weighted by atomic mass is 9.89. The van der Waals surface area contributed by atoms with E-state index in [2.05, 4.69) is 62.5 Å². The second kappa shape index (κ2) is 57.9. The average Bonchev–Trinajstić information content (AvgIpc) is 0.808. The molecule has 0 saturated heterocycles. The molecule has 18 atom stereocenters. The number of carboxylic acids is 3. The molecule has 7 amide bonds. The minimum atomic E-state index is -2.19. The maximum Gasteiger partial charge on any atom is 0.373 e. The number of ketones is 3. The summed E-state index contributed by atoms with van der Waals surface area (Å²) in [5.74, 6) is -21.2. The summed E-state index contributed by atoms with van der Waals surface area (Å²) in [4.78, 5) is 219. The third-order valence-corrected chi connectivity index (χ3v) is 20.6. The molecule has 0 fully saturated rings. The number of aliphatic hydroxyl groups excluding tert-OH is 15. The van der Waals surface area contributed by atoms with E-state index in [0.29, 0.717) is 16.9 Å². The van der Waals surface area contributed by atoms with Crippen LogP contribution in [0.15, 0.2) is 30.5 Å². The fourth-order valence-corrected chi connectivity index (χ4v) is 13.1. The van der Waals surface area contributed by atoms with E-state index in [4.69, 9.17) is 30.9 Å². The molecule has 0 bridgehead atoms. The van der Waals surface area contributed by atoms with Crippen LogP contribution >= 0.6 is 21.6 Å². The predicted molar refractivity (Wildman–Crippen MR) is 422 cm³/mol. The van der Waals surface area contributed by atoms with Crippen molar-refractivity contribution in [2.24, 2.45) is 17.8 Å². The van der Waals surface area contributed by atoms with Gasteiger partial charge in [-0.3, -0.25) is 57.5 Å². The number of amides is 7. The number of rotatable bonds is 62. The van der Waals surface area contributed by atoms with E-state index >= 15 is 0 Å². The number of nitrogens with zero attached hydrogens (tertiary/aromatic N) is 4. The Labute approximate surface area is 708 Å². The first kappa shape index (κ1) is 109. The number of Topliss-reactive ketones (excluding diaryl/α,β-unsaturated/α-hetero) is 3. The first-order valence-electron chi connectivity index (χ1n) is 38.0. The smallest absolute Gasteiger partial charge is 0.373 e. The Bertz CT molecular complexity index is 3970. The second-order valence-corrected chi connectivity index (χ2v) is 30.5. The van der Waals surface area contributed by atoms with E-state index in [0.717, 1.165) is 28.5 Å². The SMILES string of the molecule is CC(=O)C[C@@H](CCC(=O)NC[C@H](O)[C@@H](O)[C@H](O)[C@H](O)CO)C(=O)N[C@@H](CCC(=O)O)C(=O)C[C@@H](CCC(=O)NC[C@H](O)[C@@H](O)[C@H](O)[C@H](O)CO)C(=O)N[C@@H](CCC(=O)O)C(=O)C[C@@H](CCC(=O)NC[C@H](O)[C@@H](O)[C@H](O)[C@H](O)CO)C(=O)N[C@@H](CSSCCOC(=O)CCCNC(=O)c1ccc(NCc2cnc3nc(N)nc(N)c3n2)cc1)C(=O)O.O=C=O. The highest BCUT2D eigenvalue weighted by molar-refractivity contribution is 8.76. The topological polar surface area (TPSA) is 846 Å². The quantitative estimate of drug-likeness (QED) is 0.0142. The van der Waals surface area contributed by atoms with Crippen molar-refractivity contribution in [3.05, 3.63) is 41.7 Å². The lowest BCUT2D eigenvalue weighted by molar-refractivity contribution is -0.192. The maximum atomic E-state index is 14.7. The normalized spacial score (nSPS) is 15.6. The van der Waals surface area contributed by atoms with Gasteiger partial charge in [-0.2, -0.15) is 19.6 Å². The lowest BCUT2D eigenvalue weighted by Gasteiger charge is -2.26. The molecule has 123 heavy (non-hydrogen) atoms. The van der Waals surface area contributed by atoms with Gasteiger partial charge in [-0.25, -0.2) is 14.8 Å². The van der Waals surface area contributed by atoms with Crippen LogP contribution in [0.3, 0.4) is 0 Å². The van der Waals surface area contributed by atoms with Crippen molar-refractivity contribution in [3.8, 4) is 0 Å². The Hall–Kier alpha value is -10.3. The van der Waals surface area contributed by atoms with Crippen molar-refractivity contribution in [2.45, 2.75) is 201 Å². The van der Waals surface area contributed by atoms with Crippen molar-refractivity contribution in [3.63, 3.8) is 0 Å². The largest absolute Gasteiger partial charge is 0.481 e. The number of carbonyl (C=O) groups is 14. The molecule has 0 radical (unpaired) electrons. The third kappa shape index (κ3) is 41.6. The summed E-state index contributed by atoms with van der Waals surface area (Å²) in [6.45, 7) is -4.47. The highest BCUT2D eigenvalue weighted by Crippen LogP contribution is 2.26. The van der Waals surface area contributed by atoms with Gasteiger partial charge in [0.25, 0.3) is 5.91 Å². The summed E-state index contributed by atoms with van der Waals surface area (Å²) in [6.07, 6.45) is -33.1. The Morgan fingerprint density at radius 3 is 1.30 bits per heavy atom. The summed E-state index contributed by atoms with van der Waals surface area (Å²) in [6, 6.07) is 0.756. The van der Waals surface area contributed by atoms with E-state index in [1.807, 2.05) is 0 Å². The Morgan fingerprint density at radius 2 is 0.902 bits per heavy atom. The Morgan fingerprint density at radius 1 is 0.496 bits per heavy atom. The van der Waals surface area contributed by atoms with E-state index in [1.165, 1.54) is 6.20 Å². The van der Waals surface area contributed by atoms with E-state index in [9.17, 15) is 154 Å². The summed E-state index contributed by atoms with van der Waals surface area (Å²) in [5.41, 5.74) is 13.5. The molecule has 3 aromatic rings. The minimum Gasteiger partial charge on any atom is -0.481 e. The van der Waals surface area contributed by atoms with Gasteiger partial charge in [0.2, 0.25) is 41.4 Å². The van der Waals surface area contributed by atoms with Gasteiger partial charge in [0.1, 0.15) is 73.4 Å². The first-order chi connectivity index (χ1) is 58.0. The Kier molecular flexibility index (Phi) is 51.2. The van der Waals surface area contributed by atoms with Gasteiger partial charge in [-0.1, -0.05) is 21.6 Å². The molecule has 0 saturated carbocycles. The molecule has 0 unspecified atom stereocenters. The van der Waals surface area contributed by atoms with Gasteiger partial charge in [-0.15, -0.1) is 0 Å². The molecule has 0 aliphatic heterocycles. The van der Waals surface area contributed by atoms with Crippen LogP contribution in [0.2, 0.25) is 0 Å². The van der Waals surface area contributed by atoms with Crippen LogP contribution in [0.25, 0.3) is 11.2 Å². The van der Waals surface area contributed by atoms with Gasteiger partial charge in [0, 0.05) is 124 Å². The van der Waals surface area contributed by atoms with Crippen molar-refractivity contribution in [1.29, 1.82) is 0 Å². The van der Waals surface area contributed by atoms with Crippen molar-refractivity contribution in [1.82, 2.24) is 57.2 Å². The summed E-state index contributed by atoms with van der Waals surface area (Å²) < 4.78 is 5.27. The predicted octanol–water partition coefficient (Wildman–Crippen LogP) is -9.94. The molecule has 51 heteroatoms. The molecule has 688 valence electrons. The molecular formula is C72H108N14O35S2. The zero-order valence-electron chi connectivity index (χ0n) is 66.4. The van der Waals surface area contributed by atoms with Crippen LogP contribution in [0, 0.1) is 17.8 Å². The molecule has 2 heterocycles. The first-order valence-corrected chi connectivity index (χ1v) is 40.5. The molecule has 30 N–H and O–H groups in total. The van der Waals surface area contributed by atoms with Crippen LogP contribution in [-0.4, -0.2) is 356 Å². The number of hydrogen-bond acceptors (Lipinski definition) is 41. The molecule has 2 aromatic heterocycles. The second-order valence-electron chi connectivity index (χ2n) is 27.8. The van der Waals surface area contributed by atoms with Gasteiger partial charge in [-0.05, 0) is 69.7 Å². The van der Waals surface area contributed by atoms with Crippen LogP contribution < -0.4 is 54.0 Å². The fraction of sp³-hybridized carbons (Fsp3) is 0.625. The van der Waals surface area contributed by atoms with Gasteiger partial charge >= 0.3 is 30.0 Å². The fourth-order valence-electron chi connectivity index (χ4n) is 11.2. The van der Waals surface area contributed by atoms with E-state index < -0.39 is 320 Å². The number of aliphatic hydroxyl groups is 15. The Balaban J connectivity index is 0.0000168. The monoisotopic (exact) mass is 1790 g/mol. The molecule has 0 spiro atoms. The van der Waals surface area contributed by atoms with E-state index in [-0.39, 0.29) is 67.4 Å². The molecule has 0 aliphatic rings. The maximum absolute atomic E-state index is 14.7. The molecule has 3 rings (SSSR count). The van der Waals surface area contributed by atoms with E-state index in [1.54, 1.807) is 24.3 Å². The number of nitrogens with one attached hydrogen (secondary N) is 8. The van der Waals surface area contributed by atoms with Crippen LogP contribution in [-0.2, 0) is 83.2 Å². The number of ether oxygens (including phenoxy) is 1. The number of nitrogens with two attached hydrogens (primary N) is 2. The minimum absolute atomic E-state index is 0.0499. The van der Waals surface area contributed by atoms with Gasteiger partial charge in [0.15, 0.2) is 28.5 Å². The number of aliphatic carboxylic acids is 3. The standard InChI is InChI=1S/C71H108N14O33S2.CO2/c1-33(89)21-35(6-13-51(98)76-26-45(92)58(106)61(109)48(95)29-86)67(113)81-40(11-16-54(101)102)43(90)22-36(7-14-52(99)77-27-46(93)59(107)62(110)49(96)30-87)68(114)82-41(12-17-55(103)104)44(91)23-37(8-15-53(100)78-28-47(94)60(108)63(111)50(97)31-88)69(115)83-42(70(116)117)32-120-119-20-19-118-56(105)3-2-18-74-66(112)34-4-9-38(10-5-34)75-24-39-25-79-65-57(80-39)64(72)84-71(73)85-65;2-1-3/h4-5,9-10,25,35-37,40-42,45-50,58-63,75,86-88,92-97,106-111H,2-3,6-8,11-24,26-32H2,1H3,(H,74,112)(H,76,98)(H,77,99)(H,78,100)(H,81,113)(H,82,114)(H,83,115)(H,101,102)(H,103,104)(H,116,117)(H4,72,73,79,84,85);/t35-,36-,37-,40+,41+,42+,45+,46+,47+,48-,49-,50-,58-,59-,60-,61-,62-,63-;/m1./s1. The molecule has 1 aromatic carbocycles. The number of carboxylic acid groups (broad SMARTS) is 3. The zero-order chi connectivity index (χ0) is 92.8. The number of esters is 1. The summed E-state index contributed by atoms with van der Waals surface area (Å²) in [5, 5.41) is 198. The van der Waals surface area contributed by atoms with Crippen LogP contribution in [0.5, 0.6) is 0 Å². The number of nitrogen functional groups attached to an aromatic ring is 2.